The van der Waals surface area contributed by atoms with Crippen LogP contribution in [0.25, 0.3) is 33.5 Å². The van der Waals surface area contributed by atoms with Gasteiger partial charge in [0, 0.05) is 38.8 Å². The highest BCUT2D eigenvalue weighted by molar-refractivity contribution is 7.16. The first-order valence-electron chi connectivity index (χ1n) is 9.87. The van der Waals surface area contributed by atoms with Gasteiger partial charge in [-0.1, -0.05) is 23.7 Å². The summed E-state index contributed by atoms with van der Waals surface area (Å²) < 4.78 is 5.42. The molecule has 8 heteroatoms. The number of fused-ring (bicyclic) bond motifs is 1. The minimum Gasteiger partial charge on any atom is -0.497 e. The summed E-state index contributed by atoms with van der Waals surface area (Å²) in [7, 11) is 1.64. The molecule has 0 amide bonds. The quantitative estimate of drug-likeness (QED) is 0.322. The molecule has 3 heterocycles. The molecule has 158 valence electrons. The van der Waals surface area contributed by atoms with Crippen LogP contribution in [0.4, 0.5) is 10.9 Å². The Morgan fingerprint density at radius 2 is 1.81 bits per heavy atom. The normalized spacial score (nSPS) is 11.0. The number of nitrogens with one attached hydrogen (secondary N) is 1. The van der Waals surface area contributed by atoms with Crippen LogP contribution in [0, 0.1) is 6.92 Å². The maximum Gasteiger partial charge on any atom is 0.189 e. The van der Waals surface area contributed by atoms with Gasteiger partial charge in [0.25, 0.3) is 0 Å². The number of aromatic nitrogens is 4. The molecule has 32 heavy (non-hydrogen) atoms. The van der Waals surface area contributed by atoms with Crippen molar-refractivity contribution in [1.82, 2.24) is 19.9 Å². The van der Waals surface area contributed by atoms with Gasteiger partial charge in [-0.2, -0.15) is 0 Å². The molecule has 6 nitrogen and oxygen atoms in total. The largest absolute Gasteiger partial charge is 0.497 e. The predicted molar refractivity (Wildman–Crippen MR) is 130 cm³/mol. The Morgan fingerprint density at radius 3 is 2.56 bits per heavy atom. The van der Waals surface area contributed by atoms with Crippen LogP contribution in [0.1, 0.15) is 4.88 Å². The number of benzene rings is 2. The zero-order valence-corrected chi connectivity index (χ0v) is 18.9. The van der Waals surface area contributed by atoms with Crippen molar-refractivity contribution in [2.24, 2.45) is 0 Å². The molecule has 0 atom stereocenters. The Kier molecular flexibility index (Phi) is 5.43. The van der Waals surface area contributed by atoms with Gasteiger partial charge in [0.05, 0.1) is 18.3 Å². The van der Waals surface area contributed by atoms with Crippen LogP contribution in [0.15, 0.2) is 67.0 Å². The van der Waals surface area contributed by atoms with E-state index in [1.165, 1.54) is 0 Å². The third-order valence-electron chi connectivity index (χ3n) is 4.96. The summed E-state index contributed by atoms with van der Waals surface area (Å²) in [4.78, 5) is 19.6. The van der Waals surface area contributed by atoms with Gasteiger partial charge in [0.15, 0.2) is 11.0 Å². The van der Waals surface area contributed by atoms with Gasteiger partial charge in [0.2, 0.25) is 0 Å². The minimum absolute atomic E-state index is 0.587. The van der Waals surface area contributed by atoms with Crippen LogP contribution >= 0.6 is 22.9 Å². The SMILES string of the molecule is COc1ccc2nc(-c3cccnc3)nc(Nc3nc(-c4ccc(Cl)cc4)c(C)s3)c2c1. The van der Waals surface area contributed by atoms with Crippen molar-refractivity contribution >= 4 is 44.8 Å². The summed E-state index contributed by atoms with van der Waals surface area (Å²) in [5.41, 5.74) is 3.57. The molecule has 2 aromatic carbocycles. The number of halogens is 1. The van der Waals surface area contributed by atoms with Gasteiger partial charge in [-0.25, -0.2) is 15.0 Å². The van der Waals surface area contributed by atoms with E-state index in [2.05, 4.69) is 17.2 Å². The standard InChI is InChI=1S/C24H18ClN5OS/c1-14-21(15-5-7-17(25)8-6-15)28-24(32-14)30-23-19-12-18(31-2)9-10-20(19)27-22(29-23)16-4-3-11-26-13-16/h3-13H,1-2H3,(H,27,28,29,30). The van der Waals surface area contributed by atoms with Gasteiger partial charge < -0.3 is 10.1 Å². The topological polar surface area (TPSA) is 72.8 Å². The van der Waals surface area contributed by atoms with Gasteiger partial charge in [-0.05, 0) is 49.4 Å². The monoisotopic (exact) mass is 459 g/mol. The van der Waals surface area contributed by atoms with Crippen LogP contribution in [-0.2, 0) is 0 Å². The number of hydrogen-bond acceptors (Lipinski definition) is 7. The lowest BCUT2D eigenvalue weighted by molar-refractivity contribution is 0.415. The fraction of sp³-hybridized carbons (Fsp3) is 0.0833. The first kappa shape index (κ1) is 20.4. The summed E-state index contributed by atoms with van der Waals surface area (Å²) in [5.74, 6) is 1.98. The molecule has 0 saturated heterocycles. The highest BCUT2D eigenvalue weighted by atomic mass is 35.5. The van der Waals surface area contributed by atoms with Gasteiger partial charge in [-0.15, -0.1) is 11.3 Å². The molecule has 0 aliphatic carbocycles. The van der Waals surface area contributed by atoms with Crippen molar-refractivity contribution in [2.75, 3.05) is 12.4 Å². The summed E-state index contributed by atoms with van der Waals surface area (Å²) in [6.07, 6.45) is 3.48. The molecule has 0 aliphatic rings. The van der Waals surface area contributed by atoms with Crippen LogP contribution in [0.2, 0.25) is 5.02 Å². The van der Waals surface area contributed by atoms with Crippen molar-refractivity contribution in [1.29, 1.82) is 0 Å². The maximum atomic E-state index is 6.04. The van der Waals surface area contributed by atoms with Crippen LogP contribution in [-0.4, -0.2) is 27.0 Å². The Hall–Kier alpha value is -3.55. The third kappa shape index (κ3) is 4.00. The van der Waals surface area contributed by atoms with Crippen molar-refractivity contribution in [3.63, 3.8) is 0 Å². The number of aryl methyl sites for hydroxylation is 1. The van der Waals surface area contributed by atoms with E-state index in [1.54, 1.807) is 30.8 Å². The number of hydrogen-bond donors (Lipinski definition) is 1. The fourth-order valence-corrected chi connectivity index (χ4v) is 4.34. The van der Waals surface area contributed by atoms with E-state index >= 15 is 0 Å². The second kappa shape index (κ2) is 8.53. The molecule has 0 bridgehead atoms. The summed E-state index contributed by atoms with van der Waals surface area (Å²) >= 11 is 7.61. The number of ether oxygens (including phenoxy) is 1. The Bertz CT molecular complexity index is 1400. The number of methoxy groups -OCH3 is 1. The third-order valence-corrected chi connectivity index (χ3v) is 6.10. The first-order chi connectivity index (χ1) is 15.6. The zero-order valence-electron chi connectivity index (χ0n) is 17.3. The average molecular weight is 460 g/mol. The smallest absolute Gasteiger partial charge is 0.189 e. The van der Waals surface area contributed by atoms with E-state index in [1.807, 2.05) is 54.6 Å². The first-order valence-corrected chi connectivity index (χ1v) is 11.1. The highest BCUT2D eigenvalue weighted by Gasteiger charge is 2.15. The second-order valence-electron chi connectivity index (χ2n) is 7.08. The molecule has 0 fully saturated rings. The molecule has 0 radical (unpaired) electrons. The molecule has 5 rings (SSSR count). The van der Waals surface area contributed by atoms with E-state index in [-0.39, 0.29) is 0 Å². The lowest BCUT2D eigenvalue weighted by atomic mass is 10.1. The molecule has 3 aromatic heterocycles. The number of rotatable bonds is 5. The van der Waals surface area contributed by atoms with E-state index in [4.69, 9.17) is 31.3 Å². The molecule has 5 aromatic rings. The Morgan fingerprint density at radius 1 is 0.969 bits per heavy atom. The molecule has 0 saturated carbocycles. The molecule has 0 aliphatic heterocycles. The van der Waals surface area contributed by atoms with Crippen molar-refractivity contribution in [3.05, 3.63) is 76.9 Å². The summed E-state index contributed by atoms with van der Waals surface area (Å²) in [6.45, 7) is 2.05. The molecule has 0 spiro atoms. The van der Waals surface area contributed by atoms with Gasteiger partial charge in [0.1, 0.15) is 11.6 Å². The van der Waals surface area contributed by atoms with Crippen LogP contribution in [0.5, 0.6) is 5.75 Å². The predicted octanol–water partition coefficient (Wildman–Crippen LogP) is 6.53. The van der Waals surface area contributed by atoms with Crippen molar-refractivity contribution < 1.29 is 4.74 Å². The lowest BCUT2D eigenvalue weighted by Gasteiger charge is -2.10. The second-order valence-corrected chi connectivity index (χ2v) is 8.72. The van der Waals surface area contributed by atoms with E-state index < -0.39 is 0 Å². The van der Waals surface area contributed by atoms with E-state index in [0.717, 1.165) is 43.5 Å². The fourth-order valence-electron chi connectivity index (χ4n) is 3.38. The Labute approximate surface area is 193 Å². The zero-order chi connectivity index (χ0) is 22.1. The van der Waals surface area contributed by atoms with Gasteiger partial charge >= 0.3 is 0 Å². The highest BCUT2D eigenvalue weighted by Crippen LogP contribution is 2.35. The molecular formula is C24H18ClN5OS. The number of anilines is 2. The number of thiazole rings is 1. The Balaban J connectivity index is 1.60. The van der Waals surface area contributed by atoms with Crippen molar-refractivity contribution in [3.8, 4) is 28.4 Å². The molecular weight excluding hydrogens is 442 g/mol. The van der Waals surface area contributed by atoms with Crippen molar-refractivity contribution in [2.45, 2.75) is 6.92 Å². The number of nitrogens with zero attached hydrogens (tertiary/aromatic N) is 4. The number of pyridine rings is 1. The maximum absolute atomic E-state index is 6.04. The van der Waals surface area contributed by atoms with Gasteiger partial charge in [-0.3, -0.25) is 4.98 Å². The summed E-state index contributed by atoms with van der Waals surface area (Å²) in [6, 6.07) is 17.2. The average Bonchev–Trinajstić information content (AvgIpc) is 3.19. The lowest BCUT2D eigenvalue weighted by Crippen LogP contribution is -2.00. The molecule has 1 N–H and O–H groups in total. The molecule has 0 unspecified atom stereocenters. The van der Waals surface area contributed by atoms with E-state index in [0.29, 0.717) is 16.7 Å². The minimum atomic E-state index is 0.587. The van der Waals surface area contributed by atoms with E-state index in [9.17, 15) is 0 Å². The summed E-state index contributed by atoms with van der Waals surface area (Å²) in [5, 5.41) is 5.69. The van der Waals surface area contributed by atoms with Crippen LogP contribution in [0.3, 0.4) is 0 Å². The van der Waals surface area contributed by atoms with Crippen LogP contribution < -0.4 is 10.1 Å².